The summed E-state index contributed by atoms with van der Waals surface area (Å²) >= 11 is 0. The highest BCUT2D eigenvalue weighted by molar-refractivity contribution is 5.90. The Kier molecular flexibility index (Phi) is 8.65. The Bertz CT molecular complexity index is 1710. The number of carbonyl (C=O) groups excluding carboxylic acids is 2. The summed E-state index contributed by atoms with van der Waals surface area (Å²) in [6.07, 6.45) is 9.79. The molecule has 6 rings (SSSR count). The van der Waals surface area contributed by atoms with E-state index in [9.17, 15) is 9.59 Å². The maximum Gasteiger partial charge on any atom is 0.246 e. The molecule has 4 aromatic rings. The number of methoxy groups -OCH3 is 2. The molecule has 2 aromatic heterocycles. The quantitative estimate of drug-likeness (QED) is 0.269. The molecule has 2 aliphatic heterocycles. The summed E-state index contributed by atoms with van der Waals surface area (Å²) in [4.78, 5) is 40.6. The number of carbonyl (C=O) groups is 2. The van der Waals surface area contributed by atoms with Crippen LogP contribution in [0.25, 0.3) is 22.3 Å². The van der Waals surface area contributed by atoms with Gasteiger partial charge in [0.15, 0.2) is 0 Å². The number of rotatable bonds is 10. The molecule has 0 saturated carbocycles. The van der Waals surface area contributed by atoms with Gasteiger partial charge in [-0.25, -0.2) is 4.98 Å². The number of hydrogen-bond donors (Lipinski definition) is 1. The van der Waals surface area contributed by atoms with Gasteiger partial charge < -0.3 is 29.5 Å². The molecule has 1 N–H and O–H groups in total. The molecular weight excluding hydrogens is 572 g/mol. The summed E-state index contributed by atoms with van der Waals surface area (Å²) in [5, 5.41) is 8.02. The highest BCUT2D eigenvalue weighted by Crippen LogP contribution is 2.30. The van der Waals surface area contributed by atoms with E-state index in [-0.39, 0.29) is 23.8 Å². The van der Waals surface area contributed by atoms with Crippen molar-refractivity contribution in [3.8, 4) is 22.8 Å². The Hall–Kier alpha value is -4.97. The van der Waals surface area contributed by atoms with Crippen molar-refractivity contribution in [2.75, 3.05) is 66.4 Å². The number of nitrogens with one attached hydrogen (secondary N) is 1. The van der Waals surface area contributed by atoms with Gasteiger partial charge in [-0.1, -0.05) is 6.08 Å². The number of ether oxygens (including phenoxy) is 2. The van der Waals surface area contributed by atoms with Crippen LogP contribution in [0.4, 0.5) is 11.4 Å². The second-order valence-corrected chi connectivity index (χ2v) is 11.7. The maximum atomic E-state index is 13.1. The predicted octanol–water partition coefficient (Wildman–Crippen LogP) is 3.60. The predicted molar refractivity (Wildman–Crippen MR) is 172 cm³/mol. The van der Waals surface area contributed by atoms with Crippen LogP contribution in [0.2, 0.25) is 0 Å². The van der Waals surface area contributed by atoms with Crippen LogP contribution in [0.3, 0.4) is 0 Å². The zero-order valence-electron chi connectivity index (χ0n) is 26.0. The van der Waals surface area contributed by atoms with Crippen LogP contribution in [0.15, 0.2) is 67.1 Å². The minimum atomic E-state index is -0.138. The molecule has 2 aromatic carbocycles. The normalized spacial score (nSPS) is 16.9. The van der Waals surface area contributed by atoms with Crippen LogP contribution in [0.1, 0.15) is 12.5 Å². The van der Waals surface area contributed by atoms with Crippen molar-refractivity contribution in [1.29, 1.82) is 0 Å². The summed E-state index contributed by atoms with van der Waals surface area (Å²) in [7, 11) is 7.15. The molecule has 0 bridgehead atoms. The number of amides is 2. The minimum absolute atomic E-state index is 0.0360. The summed E-state index contributed by atoms with van der Waals surface area (Å²) in [5.74, 6) is 1.32. The summed E-state index contributed by atoms with van der Waals surface area (Å²) < 4.78 is 12.7. The fraction of sp³-hybridized carbons (Fsp3) is 0.364. The van der Waals surface area contributed by atoms with E-state index in [0.717, 1.165) is 40.1 Å². The molecule has 12 heteroatoms. The fourth-order valence-corrected chi connectivity index (χ4v) is 5.65. The third-order valence-corrected chi connectivity index (χ3v) is 8.20. The zero-order valence-corrected chi connectivity index (χ0v) is 26.0. The smallest absolute Gasteiger partial charge is 0.246 e. The highest BCUT2D eigenvalue weighted by atomic mass is 16.5. The molecule has 45 heavy (non-hydrogen) atoms. The van der Waals surface area contributed by atoms with E-state index in [1.165, 1.54) is 0 Å². The van der Waals surface area contributed by atoms with Crippen molar-refractivity contribution < 1.29 is 19.1 Å². The van der Waals surface area contributed by atoms with Crippen LogP contribution in [-0.2, 0) is 9.59 Å². The van der Waals surface area contributed by atoms with Crippen molar-refractivity contribution in [1.82, 2.24) is 34.4 Å². The number of fused-ring (bicyclic) bond motifs is 1. The Labute approximate surface area is 262 Å². The first kappa shape index (κ1) is 30.1. The number of nitrogens with zero attached hydrogens (tertiary/aromatic N) is 7. The average molecular weight is 611 g/mol. The lowest BCUT2D eigenvalue weighted by Crippen LogP contribution is -2.55. The zero-order chi connectivity index (χ0) is 31.5. The van der Waals surface area contributed by atoms with Gasteiger partial charge in [-0.15, -0.1) is 0 Å². The standard InChI is InChI=1S/C33H38N8O4/c1-38(2)10-5-6-32(42)40-18-23(19-40)33(43)39-11-9-26(21-39)41-20-22(16-35-41)31-17-34-29-8-7-24(14-30(29)37-31)36-25-12-27(44-3)15-28(13-25)45-4/h5-8,12-17,20,23,26,36H,9-11,18-19,21H2,1-4H3/b6-5+/t26-/m1/s1. The third kappa shape index (κ3) is 6.75. The van der Waals surface area contributed by atoms with Crippen LogP contribution < -0.4 is 14.8 Å². The van der Waals surface area contributed by atoms with Gasteiger partial charge in [0.2, 0.25) is 11.8 Å². The number of likely N-dealkylation sites (tertiary alicyclic amines) is 2. The molecule has 0 aliphatic carbocycles. The van der Waals surface area contributed by atoms with E-state index in [1.54, 1.807) is 37.6 Å². The molecule has 0 radical (unpaired) electrons. The van der Waals surface area contributed by atoms with Crippen molar-refractivity contribution in [3.63, 3.8) is 0 Å². The third-order valence-electron chi connectivity index (χ3n) is 8.20. The molecule has 2 aliphatic rings. The lowest BCUT2D eigenvalue weighted by Gasteiger charge is -2.39. The van der Waals surface area contributed by atoms with E-state index in [1.807, 2.05) is 77.2 Å². The van der Waals surface area contributed by atoms with Gasteiger partial charge in [0.25, 0.3) is 0 Å². The minimum Gasteiger partial charge on any atom is -0.497 e. The van der Waals surface area contributed by atoms with Gasteiger partial charge in [-0.3, -0.25) is 19.3 Å². The number of hydrogen-bond acceptors (Lipinski definition) is 9. The molecule has 0 unspecified atom stereocenters. The molecular formula is C33H38N8O4. The SMILES string of the molecule is COc1cc(Nc2ccc3ncc(-c4cnn([C@@H]5CCN(C(=O)C6CN(C(=O)/C=C/CN(C)C)C6)C5)c4)nc3c2)cc(OC)c1. The monoisotopic (exact) mass is 610 g/mol. The molecule has 2 amide bonds. The second-order valence-electron chi connectivity index (χ2n) is 11.7. The van der Waals surface area contributed by atoms with Gasteiger partial charge in [0.05, 0.1) is 55.3 Å². The van der Waals surface area contributed by atoms with Crippen LogP contribution >= 0.6 is 0 Å². The molecule has 0 spiro atoms. The highest BCUT2D eigenvalue weighted by Gasteiger charge is 2.39. The van der Waals surface area contributed by atoms with E-state index < -0.39 is 0 Å². The Balaban J connectivity index is 1.08. The first-order valence-corrected chi connectivity index (χ1v) is 15.0. The first-order valence-electron chi connectivity index (χ1n) is 15.0. The molecule has 2 fully saturated rings. The topological polar surface area (TPSA) is 118 Å². The lowest BCUT2D eigenvalue weighted by atomic mass is 9.98. The Morgan fingerprint density at radius 3 is 2.49 bits per heavy atom. The van der Waals surface area contributed by atoms with Crippen LogP contribution in [0, 0.1) is 5.92 Å². The lowest BCUT2D eigenvalue weighted by molar-refractivity contribution is -0.145. The second kappa shape index (κ2) is 12.9. The first-order chi connectivity index (χ1) is 21.8. The number of likely N-dealkylation sites (N-methyl/N-ethyl adjacent to an activating group) is 1. The van der Waals surface area contributed by atoms with Crippen molar-refractivity contribution >= 4 is 34.2 Å². The fourth-order valence-electron chi connectivity index (χ4n) is 5.65. The van der Waals surface area contributed by atoms with Gasteiger partial charge in [-0.2, -0.15) is 5.10 Å². The van der Waals surface area contributed by atoms with E-state index in [4.69, 9.17) is 14.5 Å². The van der Waals surface area contributed by atoms with Crippen molar-refractivity contribution in [2.24, 2.45) is 5.92 Å². The summed E-state index contributed by atoms with van der Waals surface area (Å²) in [6.45, 7) is 2.93. The number of benzene rings is 2. The largest absolute Gasteiger partial charge is 0.497 e. The van der Waals surface area contributed by atoms with E-state index in [2.05, 4.69) is 15.4 Å². The molecule has 1 atom stereocenters. The molecule has 2 saturated heterocycles. The summed E-state index contributed by atoms with van der Waals surface area (Å²) in [6, 6.07) is 11.5. The average Bonchev–Trinajstić information content (AvgIpc) is 3.70. The van der Waals surface area contributed by atoms with Crippen molar-refractivity contribution in [3.05, 3.63) is 67.1 Å². The van der Waals surface area contributed by atoms with E-state index in [0.29, 0.717) is 44.2 Å². The Morgan fingerprint density at radius 1 is 0.978 bits per heavy atom. The Morgan fingerprint density at radius 2 is 1.76 bits per heavy atom. The number of anilines is 2. The van der Waals surface area contributed by atoms with Gasteiger partial charge >= 0.3 is 0 Å². The van der Waals surface area contributed by atoms with Gasteiger partial charge in [0.1, 0.15) is 11.5 Å². The molecule has 234 valence electrons. The number of aromatic nitrogens is 4. The van der Waals surface area contributed by atoms with Crippen molar-refractivity contribution in [2.45, 2.75) is 12.5 Å². The van der Waals surface area contributed by atoms with Gasteiger partial charge in [-0.05, 0) is 38.7 Å². The van der Waals surface area contributed by atoms with Crippen LogP contribution in [0.5, 0.6) is 11.5 Å². The van der Waals surface area contributed by atoms with Gasteiger partial charge in [0, 0.05) is 80.1 Å². The molecule has 4 heterocycles. The molecule has 12 nitrogen and oxygen atoms in total. The maximum absolute atomic E-state index is 13.1. The summed E-state index contributed by atoms with van der Waals surface area (Å²) in [5.41, 5.74) is 4.80. The van der Waals surface area contributed by atoms with Crippen LogP contribution in [-0.4, -0.2) is 107 Å². The van der Waals surface area contributed by atoms with E-state index >= 15 is 0 Å².